The molecule has 0 unspecified atom stereocenters. The third-order valence-electron chi connectivity index (χ3n) is 2.16. The minimum absolute atomic E-state index is 0.127. The van der Waals surface area contributed by atoms with Gasteiger partial charge in [-0.25, -0.2) is 10.8 Å². The molecule has 0 aliphatic rings. The number of aromatic nitrogens is 2. The van der Waals surface area contributed by atoms with Gasteiger partial charge in [-0.15, -0.1) is 0 Å². The fraction of sp³-hybridized carbons (Fsp3) is 0.0909. The molecule has 0 saturated heterocycles. The lowest BCUT2D eigenvalue weighted by molar-refractivity contribution is -0.145. The number of ether oxygens (including phenoxy) is 1. The van der Waals surface area contributed by atoms with Crippen LogP contribution in [0.3, 0.4) is 0 Å². The van der Waals surface area contributed by atoms with Crippen molar-refractivity contribution in [1.82, 2.24) is 9.97 Å². The van der Waals surface area contributed by atoms with Crippen LogP contribution in [0.1, 0.15) is 5.82 Å². The molecule has 112 valence electrons. The summed E-state index contributed by atoms with van der Waals surface area (Å²) < 4.78 is 43.2. The lowest BCUT2D eigenvalue weighted by Crippen LogP contribution is -2.16. The highest BCUT2D eigenvalue weighted by Gasteiger charge is 2.35. The van der Waals surface area contributed by atoms with Gasteiger partial charge in [0.2, 0.25) is 11.7 Å². The van der Waals surface area contributed by atoms with Gasteiger partial charge in [0.15, 0.2) is 0 Å². The average molecular weight is 339 g/mol. The predicted octanol–water partition coefficient (Wildman–Crippen LogP) is 3.88. The van der Waals surface area contributed by atoms with Crippen LogP contribution in [-0.4, -0.2) is 9.97 Å². The Labute approximate surface area is 126 Å². The number of nitrogens with one attached hydrogen (secondary N) is 1. The van der Waals surface area contributed by atoms with Gasteiger partial charge in [-0.2, -0.15) is 18.2 Å². The second kappa shape index (κ2) is 5.92. The van der Waals surface area contributed by atoms with Gasteiger partial charge in [-0.3, -0.25) is 0 Å². The minimum atomic E-state index is -4.74. The maximum atomic E-state index is 12.7. The standard InChI is InChI=1S/C11H7Cl2F3N4O/c12-5-1-6(13)3-7(2-5)21-9-4-8(20-17)18-10(19-9)11(14,15)16/h1-4H,17H2,(H,18,19,20). The second-order valence-electron chi connectivity index (χ2n) is 3.76. The van der Waals surface area contributed by atoms with Gasteiger partial charge in [-0.05, 0) is 18.2 Å². The van der Waals surface area contributed by atoms with Crippen LogP contribution >= 0.6 is 23.2 Å². The molecule has 2 rings (SSSR count). The molecule has 0 atom stereocenters. The number of nitrogens with two attached hydrogens (primary N) is 1. The fourth-order valence-corrected chi connectivity index (χ4v) is 1.89. The molecule has 0 radical (unpaired) electrons. The number of anilines is 1. The van der Waals surface area contributed by atoms with Crippen molar-refractivity contribution >= 4 is 29.0 Å². The Morgan fingerprint density at radius 3 is 2.19 bits per heavy atom. The van der Waals surface area contributed by atoms with Crippen LogP contribution in [0.2, 0.25) is 10.0 Å². The summed E-state index contributed by atoms with van der Waals surface area (Å²) in [7, 11) is 0. The van der Waals surface area contributed by atoms with Crippen molar-refractivity contribution in [3.8, 4) is 11.6 Å². The van der Waals surface area contributed by atoms with E-state index in [2.05, 4.69) is 9.97 Å². The van der Waals surface area contributed by atoms with Crippen LogP contribution in [0.4, 0.5) is 19.0 Å². The predicted molar refractivity (Wildman–Crippen MR) is 71.4 cm³/mol. The third kappa shape index (κ3) is 4.10. The molecule has 0 fully saturated rings. The van der Waals surface area contributed by atoms with Crippen LogP contribution in [0, 0.1) is 0 Å². The molecule has 1 aromatic carbocycles. The van der Waals surface area contributed by atoms with Crippen LogP contribution in [-0.2, 0) is 6.18 Å². The van der Waals surface area contributed by atoms with E-state index >= 15 is 0 Å². The zero-order chi connectivity index (χ0) is 15.6. The summed E-state index contributed by atoms with van der Waals surface area (Å²) in [5.41, 5.74) is 2.01. The monoisotopic (exact) mass is 338 g/mol. The topological polar surface area (TPSA) is 73.1 Å². The largest absolute Gasteiger partial charge is 0.451 e. The van der Waals surface area contributed by atoms with E-state index < -0.39 is 12.0 Å². The number of nitrogens with zero attached hydrogens (tertiary/aromatic N) is 2. The lowest BCUT2D eigenvalue weighted by atomic mass is 10.3. The van der Waals surface area contributed by atoms with E-state index in [1.54, 1.807) is 0 Å². The van der Waals surface area contributed by atoms with Crippen molar-refractivity contribution < 1.29 is 17.9 Å². The van der Waals surface area contributed by atoms with Gasteiger partial charge in [0.25, 0.3) is 0 Å². The molecule has 0 aliphatic heterocycles. The molecule has 3 N–H and O–H groups in total. The molecular weight excluding hydrogens is 332 g/mol. The summed E-state index contributed by atoms with van der Waals surface area (Å²) in [6.45, 7) is 0. The number of halogens is 5. The number of benzene rings is 1. The van der Waals surface area contributed by atoms with E-state index in [4.69, 9.17) is 33.8 Å². The van der Waals surface area contributed by atoms with Gasteiger partial charge in [0.05, 0.1) is 0 Å². The van der Waals surface area contributed by atoms with Crippen molar-refractivity contribution in [2.75, 3.05) is 5.43 Å². The van der Waals surface area contributed by atoms with Crippen LogP contribution in [0.25, 0.3) is 0 Å². The number of hydrazine groups is 1. The van der Waals surface area contributed by atoms with Gasteiger partial charge in [0, 0.05) is 16.1 Å². The number of rotatable bonds is 3. The Bertz CT molecular complexity index is 646. The molecule has 0 aliphatic carbocycles. The first-order valence-corrected chi connectivity index (χ1v) is 6.10. The SMILES string of the molecule is NNc1cc(Oc2cc(Cl)cc(Cl)c2)nc(C(F)(F)F)n1. The summed E-state index contributed by atoms with van der Waals surface area (Å²) in [5.74, 6) is 3.20. The Kier molecular flexibility index (Phi) is 4.40. The lowest BCUT2D eigenvalue weighted by Gasteiger charge is -2.11. The molecule has 0 bridgehead atoms. The Morgan fingerprint density at radius 1 is 1.05 bits per heavy atom. The third-order valence-corrected chi connectivity index (χ3v) is 2.60. The van der Waals surface area contributed by atoms with Crippen molar-refractivity contribution in [2.45, 2.75) is 6.18 Å². The van der Waals surface area contributed by atoms with Crippen LogP contribution < -0.4 is 16.0 Å². The number of hydrogen-bond donors (Lipinski definition) is 2. The van der Waals surface area contributed by atoms with E-state index in [-0.39, 0.29) is 27.5 Å². The molecule has 0 saturated carbocycles. The van der Waals surface area contributed by atoms with E-state index in [1.165, 1.54) is 18.2 Å². The Balaban J connectivity index is 2.39. The molecule has 21 heavy (non-hydrogen) atoms. The molecule has 1 aromatic heterocycles. The fourth-order valence-electron chi connectivity index (χ4n) is 1.39. The van der Waals surface area contributed by atoms with E-state index in [9.17, 15) is 13.2 Å². The second-order valence-corrected chi connectivity index (χ2v) is 4.64. The summed E-state index contributed by atoms with van der Waals surface area (Å²) in [6.07, 6.45) is -4.74. The van der Waals surface area contributed by atoms with Crippen LogP contribution in [0.5, 0.6) is 11.6 Å². The molecule has 2 aromatic rings. The molecule has 0 spiro atoms. The zero-order valence-electron chi connectivity index (χ0n) is 10.1. The smallest absolute Gasteiger partial charge is 0.439 e. The molecule has 10 heteroatoms. The summed E-state index contributed by atoms with van der Waals surface area (Å²) >= 11 is 11.5. The van der Waals surface area contributed by atoms with Gasteiger partial charge < -0.3 is 10.2 Å². The Morgan fingerprint density at radius 2 is 1.67 bits per heavy atom. The Hall–Kier alpha value is -1.77. The average Bonchev–Trinajstić information content (AvgIpc) is 2.36. The quantitative estimate of drug-likeness (QED) is 0.656. The van der Waals surface area contributed by atoms with Crippen molar-refractivity contribution in [3.05, 3.63) is 40.1 Å². The molecule has 1 heterocycles. The maximum Gasteiger partial charge on any atom is 0.451 e. The highest BCUT2D eigenvalue weighted by Crippen LogP contribution is 2.31. The van der Waals surface area contributed by atoms with Crippen LogP contribution in [0.15, 0.2) is 24.3 Å². The number of nitrogen functional groups attached to an aromatic ring is 1. The normalized spacial score (nSPS) is 11.3. The summed E-state index contributed by atoms with van der Waals surface area (Å²) in [5, 5.41) is 0.527. The van der Waals surface area contributed by atoms with Gasteiger partial charge in [0.1, 0.15) is 11.6 Å². The van der Waals surface area contributed by atoms with Crippen molar-refractivity contribution in [2.24, 2.45) is 5.84 Å². The van der Waals surface area contributed by atoms with Crippen molar-refractivity contribution in [1.29, 1.82) is 0 Å². The summed E-state index contributed by atoms with van der Waals surface area (Å²) in [4.78, 5) is 6.46. The highest BCUT2D eigenvalue weighted by molar-refractivity contribution is 6.34. The molecular formula is C11H7Cl2F3N4O. The first kappa shape index (κ1) is 15.6. The zero-order valence-corrected chi connectivity index (χ0v) is 11.6. The van der Waals surface area contributed by atoms with Gasteiger partial charge >= 0.3 is 6.18 Å². The minimum Gasteiger partial charge on any atom is -0.439 e. The maximum absolute atomic E-state index is 12.7. The van der Waals surface area contributed by atoms with Gasteiger partial charge in [-0.1, -0.05) is 23.2 Å². The van der Waals surface area contributed by atoms with E-state index in [0.717, 1.165) is 6.07 Å². The number of hydrogen-bond acceptors (Lipinski definition) is 5. The number of alkyl halides is 3. The summed E-state index contributed by atoms with van der Waals surface area (Å²) in [6, 6.07) is 5.30. The highest BCUT2D eigenvalue weighted by atomic mass is 35.5. The van der Waals surface area contributed by atoms with E-state index in [0.29, 0.717) is 0 Å². The first-order chi connectivity index (χ1) is 9.77. The van der Waals surface area contributed by atoms with E-state index in [1.807, 2.05) is 5.43 Å². The molecule has 0 amide bonds. The molecule has 5 nitrogen and oxygen atoms in total. The first-order valence-electron chi connectivity index (χ1n) is 5.35. The van der Waals surface area contributed by atoms with Crippen molar-refractivity contribution in [3.63, 3.8) is 0 Å².